The highest BCUT2D eigenvalue weighted by atomic mass is 32.1. The second-order valence-corrected chi connectivity index (χ2v) is 8.33. The van der Waals surface area contributed by atoms with Crippen LogP contribution in [-0.4, -0.2) is 31.4 Å². The summed E-state index contributed by atoms with van der Waals surface area (Å²) in [7, 11) is 3.10. The summed E-state index contributed by atoms with van der Waals surface area (Å²) in [5, 5.41) is 0. The maximum atomic E-state index is 13.6. The van der Waals surface area contributed by atoms with E-state index in [1.54, 1.807) is 43.7 Å². The zero-order valence-corrected chi connectivity index (χ0v) is 19.6. The number of hydrogen-bond donors (Lipinski definition) is 0. The molecule has 3 aromatic rings. The number of hydrogen-bond acceptors (Lipinski definition) is 7. The van der Waals surface area contributed by atoms with Gasteiger partial charge in [0.05, 0.1) is 36.6 Å². The SMILES string of the molecule is CCOC(=O)C1=C(C)N=c2s/c(=C\c3ccccc3)c(=O)n2[C@H]1c1ccc(OC)cc1OC. The maximum Gasteiger partial charge on any atom is 0.338 e. The van der Waals surface area contributed by atoms with Crippen molar-refractivity contribution in [1.82, 2.24) is 4.57 Å². The van der Waals surface area contributed by atoms with Gasteiger partial charge >= 0.3 is 5.97 Å². The predicted molar refractivity (Wildman–Crippen MR) is 126 cm³/mol. The van der Waals surface area contributed by atoms with Gasteiger partial charge in [0.15, 0.2) is 4.80 Å². The Hall–Kier alpha value is -3.65. The molecule has 0 aliphatic carbocycles. The summed E-state index contributed by atoms with van der Waals surface area (Å²) in [6.45, 7) is 3.70. The van der Waals surface area contributed by atoms with Crippen LogP contribution in [-0.2, 0) is 9.53 Å². The molecule has 0 saturated heterocycles. The summed E-state index contributed by atoms with van der Waals surface area (Å²) < 4.78 is 18.3. The zero-order chi connectivity index (χ0) is 23.5. The van der Waals surface area contributed by atoms with E-state index >= 15 is 0 Å². The van der Waals surface area contributed by atoms with Gasteiger partial charge in [0.1, 0.15) is 17.5 Å². The van der Waals surface area contributed by atoms with E-state index in [1.165, 1.54) is 18.4 Å². The molecule has 0 radical (unpaired) electrons. The average molecular weight is 465 g/mol. The van der Waals surface area contributed by atoms with Crippen LogP contribution < -0.4 is 24.4 Å². The van der Waals surface area contributed by atoms with E-state index in [0.717, 1.165) is 5.56 Å². The normalized spacial score (nSPS) is 15.6. The molecule has 0 saturated carbocycles. The number of ether oxygens (including phenoxy) is 3. The monoisotopic (exact) mass is 464 g/mol. The highest BCUT2D eigenvalue weighted by Crippen LogP contribution is 2.37. The first-order chi connectivity index (χ1) is 16.0. The van der Waals surface area contributed by atoms with Crippen LogP contribution in [0, 0.1) is 0 Å². The number of thiazole rings is 1. The molecule has 1 atom stereocenters. The third-order valence-corrected chi connectivity index (χ3v) is 6.33. The zero-order valence-electron chi connectivity index (χ0n) is 18.8. The summed E-state index contributed by atoms with van der Waals surface area (Å²) in [6.07, 6.45) is 1.83. The topological polar surface area (TPSA) is 79.1 Å². The molecule has 170 valence electrons. The van der Waals surface area contributed by atoms with Crippen molar-refractivity contribution >= 4 is 23.4 Å². The lowest BCUT2D eigenvalue weighted by Gasteiger charge is -2.26. The molecular formula is C25H24N2O5S. The van der Waals surface area contributed by atoms with Gasteiger partial charge in [-0.3, -0.25) is 9.36 Å². The van der Waals surface area contributed by atoms with Crippen LogP contribution >= 0.6 is 11.3 Å². The molecule has 1 aromatic heterocycles. The first-order valence-corrected chi connectivity index (χ1v) is 11.3. The van der Waals surface area contributed by atoms with E-state index in [1.807, 2.05) is 36.4 Å². The Balaban J connectivity index is 2.00. The Morgan fingerprint density at radius 3 is 2.58 bits per heavy atom. The van der Waals surface area contributed by atoms with E-state index in [2.05, 4.69) is 4.99 Å². The van der Waals surface area contributed by atoms with Crippen LogP contribution in [0.5, 0.6) is 11.5 Å². The second kappa shape index (κ2) is 9.46. The van der Waals surface area contributed by atoms with Crippen molar-refractivity contribution in [2.75, 3.05) is 20.8 Å². The van der Waals surface area contributed by atoms with E-state index in [9.17, 15) is 9.59 Å². The van der Waals surface area contributed by atoms with Gasteiger partial charge in [-0.25, -0.2) is 9.79 Å². The molecule has 0 unspecified atom stereocenters. The van der Waals surface area contributed by atoms with Crippen molar-refractivity contribution in [2.45, 2.75) is 19.9 Å². The Kier molecular flexibility index (Phi) is 6.46. The fourth-order valence-corrected chi connectivity index (χ4v) is 4.88. The Bertz CT molecular complexity index is 1400. The highest BCUT2D eigenvalue weighted by molar-refractivity contribution is 7.07. The van der Waals surface area contributed by atoms with Gasteiger partial charge in [-0.15, -0.1) is 0 Å². The van der Waals surface area contributed by atoms with Gasteiger partial charge < -0.3 is 14.2 Å². The van der Waals surface area contributed by atoms with E-state index in [4.69, 9.17) is 14.2 Å². The van der Waals surface area contributed by atoms with Gasteiger partial charge in [0, 0.05) is 11.6 Å². The molecule has 4 rings (SSSR count). The molecule has 7 nitrogen and oxygen atoms in total. The van der Waals surface area contributed by atoms with Gasteiger partial charge in [-0.05, 0) is 37.6 Å². The molecule has 0 fully saturated rings. The number of esters is 1. The Labute approximate surface area is 194 Å². The third-order valence-electron chi connectivity index (χ3n) is 5.35. The van der Waals surface area contributed by atoms with Crippen LogP contribution in [0.2, 0.25) is 0 Å². The minimum Gasteiger partial charge on any atom is -0.497 e. The largest absolute Gasteiger partial charge is 0.497 e. The molecule has 0 spiro atoms. The van der Waals surface area contributed by atoms with Gasteiger partial charge in [-0.1, -0.05) is 41.7 Å². The number of carbonyl (C=O) groups excluding carboxylic acids is 1. The van der Waals surface area contributed by atoms with Crippen molar-refractivity contribution < 1.29 is 19.0 Å². The lowest BCUT2D eigenvalue weighted by atomic mass is 9.95. The predicted octanol–water partition coefficient (Wildman–Crippen LogP) is 2.82. The summed E-state index contributed by atoms with van der Waals surface area (Å²) in [5.74, 6) is 0.581. The van der Waals surface area contributed by atoms with Crippen LogP contribution in [0.25, 0.3) is 6.08 Å². The number of aromatic nitrogens is 1. The van der Waals surface area contributed by atoms with Crippen molar-refractivity contribution in [1.29, 1.82) is 0 Å². The number of carbonyl (C=O) groups is 1. The fraction of sp³-hybridized carbons (Fsp3) is 0.240. The van der Waals surface area contributed by atoms with Crippen molar-refractivity contribution in [3.63, 3.8) is 0 Å². The molecule has 33 heavy (non-hydrogen) atoms. The number of allylic oxidation sites excluding steroid dienone is 1. The van der Waals surface area contributed by atoms with Crippen LogP contribution in [0.4, 0.5) is 0 Å². The van der Waals surface area contributed by atoms with Gasteiger partial charge in [-0.2, -0.15) is 0 Å². The van der Waals surface area contributed by atoms with E-state index < -0.39 is 12.0 Å². The first kappa shape index (κ1) is 22.5. The minimum absolute atomic E-state index is 0.209. The first-order valence-electron chi connectivity index (χ1n) is 10.4. The maximum absolute atomic E-state index is 13.6. The number of benzene rings is 2. The summed E-state index contributed by atoms with van der Waals surface area (Å²) in [5.41, 5.74) is 2.12. The third kappa shape index (κ3) is 4.21. The standard InChI is InChI=1S/C25H24N2O5S/c1-5-32-24(29)21-15(2)26-25-27(22(21)18-12-11-17(30-3)14-19(18)31-4)23(28)20(33-25)13-16-9-7-6-8-10-16/h6-14,22H,5H2,1-4H3/b20-13-/t22-/m0/s1. The van der Waals surface area contributed by atoms with Crippen LogP contribution in [0.15, 0.2) is 69.6 Å². The number of nitrogens with zero attached hydrogens (tertiary/aromatic N) is 2. The second-order valence-electron chi connectivity index (χ2n) is 7.32. The summed E-state index contributed by atoms with van der Waals surface area (Å²) in [4.78, 5) is 31.7. The molecule has 2 heterocycles. The van der Waals surface area contributed by atoms with Gasteiger partial charge in [0.2, 0.25) is 0 Å². The smallest absolute Gasteiger partial charge is 0.338 e. The molecule has 0 bridgehead atoms. The molecule has 0 amide bonds. The van der Waals surface area contributed by atoms with E-state index in [-0.39, 0.29) is 12.2 Å². The Morgan fingerprint density at radius 2 is 1.91 bits per heavy atom. The van der Waals surface area contributed by atoms with E-state index in [0.29, 0.717) is 37.7 Å². The lowest BCUT2D eigenvalue weighted by molar-refractivity contribution is -0.139. The molecule has 0 N–H and O–H groups in total. The number of fused-ring (bicyclic) bond motifs is 1. The summed E-state index contributed by atoms with van der Waals surface area (Å²) >= 11 is 1.28. The van der Waals surface area contributed by atoms with Crippen molar-refractivity contribution in [3.8, 4) is 11.5 Å². The minimum atomic E-state index is -0.751. The Morgan fingerprint density at radius 1 is 1.15 bits per heavy atom. The fourth-order valence-electron chi connectivity index (χ4n) is 3.83. The number of rotatable bonds is 6. The molecule has 2 aromatic carbocycles. The van der Waals surface area contributed by atoms with Crippen molar-refractivity contribution in [3.05, 3.63) is 90.6 Å². The molecule has 1 aliphatic rings. The molecular weight excluding hydrogens is 440 g/mol. The highest BCUT2D eigenvalue weighted by Gasteiger charge is 2.35. The summed E-state index contributed by atoms with van der Waals surface area (Å²) in [6, 6.07) is 14.2. The average Bonchev–Trinajstić information content (AvgIpc) is 3.12. The van der Waals surface area contributed by atoms with Crippen LogP contribution in [0.1, 0.15) is 31.0 Å². The molecule has 8 heteroatoms. The van der Waals surface area contributed by atoms with Crippen LogP contribution in [0.3, 0.4) is 0 Å². The lowest BCUT2D eigenvalue weighted by Crippen LogP contribution is -2.40. The molecule has 1 aliphatic heterocycles. The number of methoxy groups -OCH3 is 2. The van der Waals surface area contributed by atoms with Crippen molar-refractivity contribution in [2.24, 2.45) is 4.99 Å². The van der Waals surface area contributed by atoms with Gasteiger partial charge in [0.25, 0.3) is 5.56 Å². The quantitative estimate of drug-likeness (QED) is 0.524.